The number of H-pyrrole nitrogens is 1. The minimum Gasteiger partial charge on any atom is -0.277 e. The summed E-state index contributed by atoms with van der Waals surface area (Å²) in [5, 5.41) is 2.92. The average molecular weight is 191 g/mol. The van der Waals surface area contributed by atoms with Crippen LogP contribution in [0.4, 0.5) is 0 Å². The quantitative estimate of drug-likeness (QED) is 0.736. The Morgan fingerprint density at radius 1 is 1.50 bits per heavy atom. The third kappa shape index (κ3) is 1.14. The van der Waals surface area contributed by atoms with Crippen LogP contribution < -0.4 is 5.56 Å². The number of pyridine rings is 1. The summed E-state index contributed by atoms with van der Waals surface area (Å²) >= 11 is 0. The minimum atomic E-state index is 0.0168. The molecule has 0 atom stereocenters. The maximum absolute atomic E-state index is 11.9. The lowest BCUT2D eigenvalue weighted by Crippen LogP contribution is -2.19. The Hall–Kier alpha value is -1.58. The molecule has 0 amide bonds. The number of hydrogen-bond acceptors (Lipinski definition) is 2. The van der Waals surface area contributed by atoms with E-state index in [1.165, 1.54) is 4.52 Å². The minimum absolute atomic E-state index is 0.0168. The number of rotatable bonds is 1. The van der Waals surface area contributed by atoms with Gasteiger partial charge in [-0.05, 0) is 31.9 Å². The summed E-state index contributed by atoms with van der Waals surface area (Å²) in [5.41, 5.74) is 2.58. The van der Waals surface area contributed by atoms with E-state index in [-0.39, 0.29) is 5.56 Å². The van der Waals surface area contributed by atoms with E-state index in [0.717, 1.165) is 23.4 Å². The van der Waals surface area contributed by atoms with E-state index in [0.29, 0.717) is 5.65 Å². The summed E-state index contributed by atoms with van der Waals surface area (Å²) in [7, 11) is 0. The van der Waals surface area contributed by atoms with Gasteiger partial charge in [-0.15, -0.1) is 0 Å². The van der Waals surface area contributed by atoms with E-state index < -0.39 is 0 Å². The van der Waals surface area contributed by atoms with Crippen molar-refractivity contribution in [3.8, 4) is 0 Å². The smallest absolute Gasteiger partial charge is 0.274 e. The Balaban J connectivity index is 2.92. The second kappa shape index (κ2) is 2.97. The van der Waals surface area contributed by atoms with Crippen LogP contribution in [-0.4, -0.2) is 14.6 Å². The van der Waals surface area contributed by atoms with Gasteiger partial charge in [0.25, 0.3) is 5.56 Å². The molecule has 0 saturated carbocycles. The van der Waals surface area contributed by atoms with Crippen LogP contribution in [0.25, 0.3) is 5.65 Å². The van der Waals surface area contributed by atoms with E-state index in [2.05, 4.69) is 10.1 Å². The van der Waals surface area contributed by atoms with E-state index in [9.17, 15) is 4.79 Å². The summed E-state index contributed by atoms with van der Waals surface area (Å²) < 4.78 is 1.50. The van der Waals surface area contributed by atoms with Gasteiger partial charge in [0.1, 0.15) is 5.82 Å². The van der Waals surface area contributed by atoms with Crippen molar-refractivity contribution in [3.05, 3.63) is 33.4 Å². The molecule has 0 aromatic carbocycles. The Labute approximate surface area is 81.6 Å². The zero-order valence-corrected chi connectivity index (χ0v) is 8.59. The fraction of sp³-hybridized carbons (Fsp3) is 0.400. The predicted molar refractivity (Wildman–Crippen MR) is 54.7 cm³/mol. The van der Waals surface area contributed by atoms with Crippen molar-refractivity contribution in [1.82, 2.24) is 14.6 Å². The molecule has 0 radical (unpaired) electrons. The summed E-state index contributed by atoms with van der Waals surface area (Å²) in [6.45, 7) is 5.77. The molecule has 0 spiro atoms. The molecule has 0 unspecified atom stereocenters. The Morgan fingerprint density at radius 2 is 2.21 bits per heavy atom. The third-order valence-electron chi connectivity index (χ3n) is 2.42. The first-order valence-electron chi connectivity index (χ1n) is 4.71. The molecule has 0 aliphatic rings. The molecule has 4 nitrogen and oxygen atoms in total. The number of aromatic nitrogens is 3. The van der Waals surface area contributed by atoms with Crippen molar-refractivity contribution in [2.24, 2.45) is 0 Å². The molecule has 14 heavy (non-hydrogen) atoms. The number of fused-ring (bicyclic) bond motifs is 1. The maximum Gasteiger partial charge on any atom is 0.274 e. The lowest BCUT2D eigenvalue weighted by molar-refractivity contribution is 0.866. The zero-order chi connectivity index (χ0) is 10.3. The molecule has 2 rings (SSSR count). The van der Waals surface area contributed by atoms with Gasteiger partial charge in [0.05, 0.1) is 0 Å². The molecule has 0 aliphatic heterocycles. The van der Waals surface area contributed by atoms with E-state index in [1.54, 1.807) is 0 Å². The van der Waals surface area contributed by atoms with Crippen LogP contribution in [-0.2, 0) is 6.42 Å². The van der Waals surface area contributed by atoms with Gasteiger partial charge in [-0.3, -0.25) is 9.89 Å². The van der Waals surface area contributed by atoms with Crippen molar-refractivity contribution in [3.63, 3.8) is 0 Å². The van der Waals surface area contributed by atoms with Crippen LogP contribution in [0.5, 0.6) is 0 Å². The van der Waals surface area contributed by atoms with Gasteiger partial charge in [-0.25, -0.2) is 4.98 Å². The molecule has 4 heteroatoms. The molecule has 2 heterocycles. The van der Waals surface area contributed by atoms with Gasteiger partial charge in [0.2, 0.25) is 0 Å². The SMILES string of the molecule is CCc1c(C)cc2nc(C)[nH]n2c1=O. The van der Waals surface area contributed by atoms with Crippen molar-refractivity contribution < 1.29 is 0 Å². The molecule has 2 aromatic heterocycles. The van der Waals surface area contributed by atoms with Crippen molar-refractivity contribution in [2.75, 3.05) is 0 Å². The van der Waals surface area contributed by atoms with Crippen LogP contribution in [0.15, 0.2) is 10.9 Å². The van der Waals surface area contributed by atoms with Gasteiger partial charge < -0.3 is 0 Å². The highest BCUT2D eigenvalue weighted by Crippen LogP contribution is 2.06. The van der Waals surface area contributed by atoms with E-state index >= 15 is 0 Å². The van der Waals surface area contributed by atoms with Gasteiger partial charge in [0, 0.05) is 5.56 Å². The monoisotopic (exact) mass is 191 g/mol. The first kappa shape index (κ1) is 8.99. The second-order valence-corrected chi connectivity index (χ2v) is 3.47. The molecule has 74 valence electrons. The van der Waals surface area contributed by atoms with Crippen molar-refractivity contribution >= 4 is 5.65 Å². The standard InChI is InChI=1S/C10H13N3O/c1-4-8-6(2)5-9-11-7(3)12-13(9)10(8)14/h5H,4H2,1-3H3,(H,11,12). The van der Waals surface area contributed by atoms with Crippen molar-refractivity contribution in [2.45, 2.75) is 27.2 Å². The molecule has 0 fully saturated rings. The highest BCUT2D eigenvalue weighted by molar-refractivity contribution is 5.43. The number of nitrogens with one attached hydrogen (secondary N) is 1. The van der Waals surface area contributed by atoms with E-state index in [4.69, 9.17) is 0 Å². The topological polar surface area (TPSA) is 50.2 Å². The first-order chi connectivity index (χ1) is 6.63. The molecule has 2 aromatic rings. The third-order valence-corrected chi connectivity index (χ3v) is 2.42. The van der Waals surface area contributed by atoms with Gasteiger partial charge in [-0.2, -0.15) is 4.52 Å². The molecular weight excluding hydrogens is 178 g/mol. The lowest BCUT2D eigenvalue weighted by Gasteiger charge is -2.01. The maximum atomic E-state index is 11.9. The molecule has 0 saturated heterocycles. The number of aryl methyl sites for hydroxylation is 2. The molecule has 0 bridgehead atoms. The summed E-state index contributed by atoms with van der Waals surface area (Å²) in [4.78, 5) is 16.1. The number of nitrogens with zero attached hydrogens (tertiary/aromatic N) is 2. The Bertz CT molecular complexity index is 536. The predicted octanol–water partition coefficient (Wildman–Crippen LogP) is 1.20. The van der Waals surface area contributed by atoms with Gasteiger partial charge in [0.15, 0.2) is 5.65 Å². The van der Waals surface area contributed by atoms with Crippen LogP contribution in [0.1, 0.15) is 23.9 Å². The Kier molecular flexibility index (Phi) is 1.91. The second-order valence-electron chi connectivity index (χ2n) is 3.47. The van der Waals surface area contributed by atoms with Gasteiger partial charge in [-0.1, -0.05) is 6.92 Å². The summed E-state index contributed by atoms with van der Waals surface area (Å²) in [6, 6.07) is 1.93. The van der Waals surface area contributed by atoms with Crippen molar-refractivity contribution in [1.29, 1.82) is 0 Å². The normalized spacial score (nSPS) is 11.1. The first-order valence-corrected chi connectivity index (χ1v) is 4.71. The fourth-order valence-electron chi connectivity index (χ4n) is 1.73. The van der Waals surface area contributed by atoms with Gasteiger partial charge >= 0.3 is 0 Å². The van der Waals surface area contributed by atoms with E-state index in [1.807, 2.05) is 26.8 Å². The highest BCUT2D eigenvalue weighted by Gasteiger charge is 2.08. The summed E-state index contributed by atoms with van der Waals surface area (Å²) in [5.74, 6) is 0.759. The highest BCUT2D eigenvalue weighted by atomic mass is 16.1. The fourth-order valence-corrected chi connectivity index (χ4v) is 1.73. The molecule has 0 aliphatic carbocycles. The lowest BCUT2D eigenvalue weighted by atomic mass is 10.1. The number of aromatic amines is 1. The average Bonchev–Trinajstić information content (AvgIpc) is 2.47. The summed E-state index contributed by atoms with van der Waals surface area (Å²) in [6.07, 6.45) is 0.756. The number of hydrogen-bond donors (Lipinski definition) is 1. The van der Waals surface area contributed by atoms with Crippen LogP contribution in [0.2, 0.25) is 0 Å². The van der Waals surface area contributed by atoms with Crippen LogP contribution >= 0.6 is 0 Å². The molecule has 1 N–H and O–H groups in total. The van der Waals surface area contributed by atoms with Crippen LogP contribution in [0.3, 0.4) is 0 Å². The largest absolute Gasteiger partial charge is 0.277 e. The van der Waals surface area contributed by atoms with Crippen LogP contribution in [0, 0.1) is 13.8 Å². The Morgan fingerprint density at radius 3 is 2.86 bits per heavy atom. The molecular formula is C10H13N3O. The zero-order valence-electron chi connectivity index (χ0n) is 8.59.